The molecule has 0 N–H and O–H groups in total. The van der Waals surface area contributed by atoms with Gasteiger partial charge < -0.3 is 9.47 Å². The van der Waals surface area contributed by atoms with Crippen LogP contribution in [0.3, 0.4) is 0 Å². The van der Waals surface area contributed by atoms with Crippen molar-refractivity contribution in [1.82, 2.24) is 0 Å². The summed E-state index contributed by atoms with van der Waals surface area (Å²) in [5.41, 5.74) is 1.26. The van der Waals surface area contributed by atoms with E-state index in [1.54, 1.807) is 12.1 Å². The highest BCUT2D eigenvalue weighted by molar-refractivity contribution is 7.92. The van der Waals surface area contributed by atoms with Gasteiger partial charge in [-0.05, 0) is 67.4 Å². The highest BCUT2D eigenvalue weighted by Crippen LogP contribution is 2.26. The fraction of sp³-hybridized carbons (Fsp3) is 0.167. The zero-order valence-corrected chi connectivity index (χ0v) is 20.2. The van der Waals surface area contributed by atoms with Gasteiger partial charge in [-0.15, -0.1) is 0 Å². The van der Waals surface area contributed by atoms with Crippen LogP contribution in [0.5, 0.6) is 5.75 Å². The molecular weight excluding hydrogens is 476 g/mol. The average Bonchev–Trinajstić information content (AvgIpc) is 2.84. The molecular formula is C24H22N2O8S. The molecule has 0 heterocycles. The Balaban J connectivity index is 1.82. The number of non-ortho nitro benzene ring substituents is 1. The highest BCUT2D eigenvalue weighted by Gasteiger charge is 2.23. The average molecular weight is 499 g/mol. The largest absolute Gasteiger partial charge is 0.465 e. The van der Waals surface area contributed by atoms with Crippen molar-refractivity contribution in [1.29, 1.82) is 0 Å². The van der Waals surface area contributed by atoms with Gasteiger partial charge in [-0.2, -0.15) is 0 Å². The summed E-state index contributed by atoms with van der Waals surface area (Å²) in [7, 11) is -1.31. The minimum Gasteiger partial charge on any atom is -0.465 e. The summed E-state index contributed by atoms with van der Waals surface area (Å²) in [5, 5.41) is 11.2. The number of hydrogen-bond donors (Lipinski definition) is 0. The number of anilines is 1. The maximum absolute atomic E-state index is 13.0. The molecule has 0 saturated heterocycles. The number of ether oxygens (including phenoxy) is 2. The molecule has 0 aromatic heterocycles. The zero-order chi connectivity index (χ0) is 25.9. The van der Waals surface area contributed by atoms with E-state index in [4.69, 9.17) is 4.74 Å². The Hall–Kier alpha value is -4.25. The van der Waals surface area contributed by atoms with Crippen molar-refractivity contribution in [2.75, 3.05) is 18.5 Å². The Bertz CT molecular complexity index is 1420. The number of hydrogen-bond acceptors (Lipinski definition) is 8. The number of benzene rings is 3. The molecule has 0 aliphatic heterocycles. The summed E-state index contributed by atoms with van der Waals surface area (Å²) in [6.07, 6.45) is 0. The third-order valence-corrected chi connectivity index (χ3v) is 7.11. The van der Waals surface area contributed by atoms with Gasteiger partial charge in [0, 0.05) is 19.2 Å². The molecule has 3 aromatic rings. The number of esters is 2. The Morgan fingerprint density at radius 1 is 0.886 bits per heavy atom. The monoisotopic (exact) mass is 498 g/mol. The number of carbonyl (C=O) groups excluding carboxylic acids is 2. The lowest BCUT2D eigenvalue weighted by Gasteiger charge is -2.20. The van der Waals surface area contributed by atoms with E-state index in [-0.39, 0.29) is 21.8 Å². The third kappa shape index (κ3) is 5.46. The molecule has 0 amide bonds. The molecule has 3 rings (SSSR count). The molecule has 0 aliphatic carbocycles. The fourth-order valence-electron chi connectivity index (χ4n) is 3.13. The van der Waals surface area contributed by atoms with E-state index in [0.717, 1.165) is 40.7 Å². The molecule has 0 unspecified atom stereocenters. The molecule has 182 valence electrons. The van der Waals surface area contributed by atoms with Crippen LogP contribution in [-0.4, -0.2) is 39.4 Å². The number of aryl methyl sites for hydroxylation is 2. The van der Waals surface area contributed by atoms with Crippen LogP contribution < -0.4 is 9.04 Å². The lowest BCUT2D eigenvalue weighted by Crippen LogP contribution is -2.26. The first kappa shape index (κ1) is 25.4. The highest BCUT2D eigenvalue weighted by atomic mass is 32.2. The van der Waals surface area contributed by atoms with Crippen LogP contribution >= 0.6 is 0 Å². The Morgan fingerprint density at radius 3 is 2.03 bits per heavy atom. The number of rotatable bonds is 7. The van der Waals surface area contributed by atoms with E-state index < -0.39 is 32.6 Å². The van der Waals surface area contributed by atoms with Gasteiger partial charge in [0.15, 0.2) is 0 Å². The topological polar surface area (TPSA) is 133 Å². The summed E-state index contributed by atoms with van der Waals surface area (Å²) in [6, 6.07) is 13.6. The van der Waals surface area contributed by atoms with E-state index in [9.17, 15) is 28.1 Å². The van der Waals surface area contributed by atoms with Gasteiger partial charge in [0.25, 0.3) is 15.7 Å². The lowest BCUT2D eigenvalue weighted by molar-refractivity contribution is -0.384. The predicted octanol–water partition coefficient (Wildman–Crippen LogP) is 4.04. The fourth-order valence-corrected chi connectivity index (χ4v) is 4.41. The van der Waals surface area contributed by atoms with E-state index in [1.165, 1.54) is 37.4 Å². The van der Waals surface area contributed by atoms with Crippen LogP contribution in [0, 0.1) is 24.0 Å². The molecule has 0 bridgehead atoms. The van der Waals surface area contributed by atoms with Crippen molar-refractivity contribution in [2.45, 2.75) is 18.7 Å². The van der Waals surface area contributed by atoms with Crippen molar-refractivity contribution in [3.8, 4) is 5.75 Å². The van der Waals surface area contributed by atoms with Gasteiger partial charge in [0.1, 0.15) is 5.75 Å². The molecule has 35 heavy (non-hydrogen) atoms. The van der Waals surface area contributed by atoms with Crippen LogP contribution in [0.1, 0.15) is 31.8 Å². The van der Waals surface area contributed by atoms with E-state index in [2.05, 4.69) is 4.74 Å². The summed E-state index contributed by atoms with van der Waals surface area (Å²) in [5.74, 6) is -1.72. The summed E-state index contributed by atoms with van der Waals surface area (Å²) in [6.45, 7) is 3.71. The van der Waals surface area contributed by atoms with E-state index >= 15 is 0 Å². The Morgan fingerprint density at radius 2 is 1.49 bits per heavy atom. The van der Waals surface area contributed by atoms with Crippen LogP contribution in [0.2, 0.25) is 0 Å². The van der Waals surface area contributed by atoms with Crippen LogP contribution in [0.25, 0.3) is 0 Å². The number of nitrogens with zero attached hydrogens (tertiary/aromatic N) is 2. The number of methoxy groups -OCH3 is 1. The van der Waals surface area contributed by atoms with Crippen molar-refractivity contribution >= 4 is 33.3 Å². The second-order valence-electron chi connectivity index (χ2n) is 7.62. The van der Waals surface area contributed by atoms with Crippen LogP contribution in [0.4, 0.5) is 11.4 Å². The molecule has 11 heteroatoms. The van der Waals surface area contributed by atoms with Crippen molar-refractivity contribution < 1.29 is 32.4 Å². The van der Waals surface area contributed by atoms with E-state index in [1.807, 2.05) is 13.8 Å². The van der Waals surface area contributed by atoms with Crippen molar-refractivity contribution in [3.05, 3.63) is 93.0 Å². The molecule has 0 atom stereocenters. The van der Waals surface area contributed by atoms with Gasteiger partial charge in [-0.3, -0.25) is 14.4 Å². The lowest BCUT2D eigenvalue weighted by atomic mass is 10.1. The van der Waals surface area contributed by atoms with E-state index in [0.29, 0.717) is 5.69 Å². The smallest absolute Gasteiger partial charge is 0.343 e. The molecule has 3 aromatic carbocycles. The first-order valence-corrected chi connectivity index (χ1v) is 11.6. The third-order valence-electron chi connectivity index (χ3n) is 5.33. The first-order valence-electron chi connectivity index (χ1n) is 10.2. The Kier molecular flexibility index (Phi) is 7.20. The standard InChI is InChI=1S/C24H22N2O8S/c1-15-5-10-22(11-16(15)2)35(31,32)25(3)19-6-8-21(9-7-19)34-24(28)18-12-17(23(27)33-4)13-20(14-18)26(29)30/h5-14H,1-4H3. The van der Waals surface area contributed by atoms with Crippen molar-refractivity contribution in [3.63, 3.8) is 0 Å². The number of carbonyl (C=O) groups is 2. The van der Waals surface area contributed by atoms with Crippen LogP contribution in [0.15, 0.2) is 65.6 Å². The van der Waals surface area contributed by atoms with Crippen LogP contribution in [-0.2, 0) is 14.8 Å². The Labute approximate surface area is 201 Å². The zero-order valence-electron chi connectivity index (χ0n) is 19.3. The van der Waals surface area contributed by atoms with Gasteiger partial charge in [0.2, 0.25) is 0 Å². The first-order chi connectivity index (χ1) is 16.4. The summed E-state index contributed by atoms with van der Waals surface area (Å²) >= 11 is 0. The maximum atomic E-state index is 13.0. The van der Waals surface area contributed by atoms with Gasteiger partial charge in [-0.25, -0.2) is 18.0 Å². The van der Waals surface area contributed by atoms with Gasteiger partial charge in [-0.1, -0.05) is 6.07 Å². The summed E-state index contributed by atoms with van der Waals surface area (Å²) in [4.78, 5) is 34.9. The molecule has 10 nitrogen and oxygen atoms in total. The molecule has 0 spiro atoms. The minimum atomic E-state index is -3.82. The molecule has 0 radical (unpaired) electrons. The normalized spacial score (nSPS) is 11.0. The molecule has 0 fully saturated rings. The predicted molar refractivity (Wildman–Crippen MR) is 127 cm³/mol. The second-order valence-corrected chi connectivity index (χ2v) is 9.59. The second kappa shape index (κ2) is 9.94. The SMILES string of the molecule is COC(=O)c1cc(C(=O)Oc2ccc(N(C)S(=O)(=O)c3ccc(C)c(C)c3)cc2)cc([N+](=O)[O-])c1. The number of sulfonamides is 1. The number of nitro benzene ring substituents is 1. The maximum Gasteiger partial charge on any atom is 0.343 e. The van der Waals surface area contributed by atoms with Gasteiger partial charge in [0.05, 0.1) is 33.7 Å². The minimum absolute atomic E-state index is 0.0712. The molecule has 0 saturated carbocycles. The molecule has 0 aliphatic rings. The van der Waals surface area contributed by atoms with Gasteiger partial charge >= 0.3 is 11.9 Å². The quantitative estimate of drug-likeness (QED) is 0.206. The number of nitro groups is 1. The summed E-state index contributed by atoms with van der Waals surface area (Å²) < 4.78 is 36.9. The van der Waals surface area contributed by atoms with Crippen molar-refractivity contribution in [2.24, 2.45) is 0 Å².